The fraction of sp³-hybridized carbons (Fsp3) is 0.579. The Kier molecular flexibility index (Phi) is 3.43. The molecule has 0 amide bonds. The number of nitrogens with one attached hydrogen (secondary N) is 3. The molecule has 2 aliphatic heterocycles. The molecule has 2 aromatic rings. The molecule has 2 aliphatic rings. The molecular formula is C19H27N3O. The third kappa shape index (κ3) is 2.45. The van der Waals surface area contributed by atoms with E-state index in [1.54, 1.807) is 0 Å². The van der Waals surface area contributed by atoms with Crippen molar-refractivity contribution < 1.29 is 4.74 Å². The SMILES string of the molecule is CC(C)(C)Oc1c(C23CNCCC2CNC3)[nH]c2ccccc12. The minimum Gasteiger partial charge on any atom is -0.486 e. The summed E-state index contributed by atoms with van der Waals surface area (Å²) in [4.78, 5) is 3.71. The predicted molar refractivity (Wildman–Crippen MR) is 94.2 cm³/mol. The smallest absolute Gasteiger partial charge is 0.149 e. The lowest BCUT2D eigenvalue weighted by Gasteiger charge is -2.39. The summed E-state index contributed by atoms with van der Waals surface area (Å²) in [7, 11) is 0. The number of rotatable bonds is 2. The van der Waals surface area contributed by atoms with E-state index >= 15 is 0 Å². The summed E-state index contributed by atoms with van der Waals surface area (Å²) in [5.74, 6) is 1.71. The Hall–Kier alpha value is -1.52. The quantitative estimate of drug-likeness (QED) is 0.799. The summed E-state index contributed by atoms with van der Waals surface area (Å²) in [6, 6.07) is 8.50. The molecule has 0 spiro atoms. The fourth-order valence-electron chi connectivity index (χ4n) is 4.24. The van der Waals surface area contributed by atoms with Gasteiger partial charge in [-0.3, -0.25) is 0 Å². The van der Waals surface area contributed by atoms with Crippen LogP contribution in [-0.2, 0) is 5.41 Å². The Labute approximate surface area is 138 Å². The first-order valence-corrected chi connectivity index (χ1v) is 8.71. The summed E-state index contributed by atoms with van der Waals surface area (Å²) < 4.78 is 6.46. The summed E-state index contributed by atoms with van der Waals surface area (Å²) in [5.41, 5.74) is 2.35. The lowest BCUT2D eigenvalue weighted by atomic mass is 9.71. The average molecular weight is 313 g/mol. The zero-order valence-electron chi connectivity index (χ0n) is 14.3. The third-order valence-corrected chi connectivity index (χ3v) is 5.29. The molecular weight excluding hydrogens is 286 g/mol. The Balaban J connectivity index is 1.90. The number of benzene rings is 1. The Morgan fingerprint density at radius 2 is 1.91 bits per heavy atom. The van der Waals surface area contributed by atoms with Crippen LogP contribution >= 0.6 is 0 Å². The van der Waals surface area contributed by atoms with Crippen LogP contribution in [0.5, 0.6) is 5.75 Å². The normalized spacial score (nSPS) is 28.0. The number of fused-ring (bicyclic) bond motifs is 2. The molecule has 4 rings (SSSR count). The first kappa shape index (κ1) is 15.0. The molecule has 3 N–H and O–H groups in total. The average Bonchev–Trinajstić information content (AvgIpc) is 3.08. The second kappa shape index (κ2) is 5.25. The van der Waals surface area contributed by atoms with Gasteiger partial charge in [-0.15, -0.1) is 0 Å². The van der Waals surface area contributed by atoms with Crippen molar-refractivity contribution in [1.82, 2.24) is 15.6 Å². The van der Waals surface area contributed by atoms with Crippen LogP contribution in [0.15, 0.2) is 24.3 Å². The van der Waals surface area contributed by atoms with Gasteiger partial charge in [0, 0.05) is 29.4 Å². The number of ether oxygens (including phenoxy) is 1. The fourth-order valence-corrected chi connectivity index (χ4v) is 4.24. The van der Waals surface area contributed by atoms with Gasteiger partial charge in [-0.05, 0) is 58.3 Å². The van der Waals surface area contributed by atoms with E-state index in [4.69, 9.17) is 4.74 Å². The largest absolute Gasteiger partial charge is 0.486 e. The maximum atomic E-state index is 6.46. The van der Waals surface area contributed by atoms with Gasteiger partial charge in [0.25, 0.3) is 0 Å². The van der Waals surface area contributed by atoms with Gasteiger partial charge >= 0.3 is 0 Å². The molecule has 0 saturated carbocycles. The van der Waals surface area contributed by atoms with Crippen molar-refractivity contribution in [3.8, 4) is 5.75 Å². The molecule has 23 heavy (non-hydrogen) atoms. The Bertz CT molecular complexity index is 715. The maximum absolute atomic E-state index is 6.46. The van der Waals surface area contributed by atoms with Crippen LogP contribution in [0.4, 0.5) is 0 Å². The summed E-state index contributed by atoms with van der Waals surface area (Å²) >= 11 is 0. The highest BCUT2D eigenvalue weighted by Gasteiger charge is 2.48. The van der Waals surface area contributed by atoms with Gasteiger partial charge in [-0.25, -0.2) is 0 Å². The Morgan fingerprint density at radius 3 is 2.74 bits per heavy atom. The van der Waals surface area contributed by atoms with E-state index in [0.29, 0.717) is 5.92 Å². The zero-order chi connectivity index (χ0) is 16.1. The standard InChI is InChI=1S/C19H27N3O/c1-18(2,3)23-16-14-6-4-5-7-15(14)22-17(16)19-11-20-9-8-13(19)10-21-12-19/h4-7,13,20-22H,8-12H2,1-3H3. The highest BCUT2D eigenvalue weighted by molar-refractivity contribution is 5.88. The highest BCUT2D eigenvalue weighted by Crippen LogP contribution is 2.46. The molecule has 1 aromatic carbocycles. The maximum Gasteiger partial charge on any atom is 0.149 e. The summed E-state index contributed by atoms with van der Waals surface area (Å²) in [5, 5.41) is 8.43. The van der Waals surface area contributed by atoms with Gasteiger partial charge in [0.05, 0.1) is 5.69 Å². The second-order valence-electron chi connectivity index (χ2n) is 8.04. The van der Waals surface area contributed by atoms with Crippen LogP contribution in [-0.4, -0.2) is 36.8 Å². The van der Waals surface area contributed by atoms with E-state index in [-0.39, 0.29) is 11.0 Å². The number of aromatic nitrogens is 1. The van der Waals surface area contributed by atoms with Gasteiger partial charge in [-0.1, -0.05) is 12.1 Å². The van der Waals surface area contributed by atoms with E-state index < -0.39 is 0 Å². The molecule has 4 heteroatoms. The van der Waals surface area contributed by atoms with Gasteiger partial charge in [0.1, 0.15) is 11.4 Å². The van der Waals surface area contributed by atoms with Crippen LogP contribution in [0.25, 0.3) is 10.9 Å². The van der Waals surface area contributed by atoms with Gasteiger partial charge in [0.15, 0.2) is 0 Å². The monoisotopic (exact) mass is 313 g/mol. The highest BCUT2D eigenvalue weighted by atomic mass is 16.5. The molecule has 0 aliphatic carbocycles. The lowest BCUT2D eigenvalue weighted by Crippen LogP contribution is -2.50. The first-order valence-electron chi connectivity index (χ1n) is 8.71. The second-order valence-corrected chi connectivity index (χ2v) is 8.04. The molecule has 0 bridgehead atoms. The van der Waals surface area contributed by atoms with E-state index in [1.807, 2.05) is 0 Å². The minimum atomic E-state index is -0.208. The van der Waals surface area contributed by atoms with Crippen LogP contribution in [0.2, 0.25) is 0 Å². The number of piperidine rings is 1. The van der Waals surface area contributed by atoms with Crippen molar-refractivity contribution in [2.75, 3.05) is 26.2 Å². The van der Waals surface area contributed by atoms with Crippen LogP contribution in [0.3, 0.4) is 0 Å². The van der Waals surface area contributed by atoms with Crippen molar-refractivity contribution in [1.29, 1.82) is 0 Å². The number of hydrogen-bond acceptors (Lipinski definition) is 3. The van der Waals surface area contributed by atoms with Gasteiger partial charge in [-0.2, -0.15) is 0 Å². The van der Waals surface area contributed by atoms with Crippen LogP contribution in [0.1, 0.15) is 32.9 Å². The molecule has 2 saturated heterocycles. The minimum absolute atomic E-state index is 0.109. The van der Waals surface area contributed by atoms with Crippen molar-refractivity contribution in [3.05, 3.63) is 30.0 Å². The number of para-hydroxylation sites is 1. The Morgan fingerprint density at radius 1 is 1.13 bits per heavy atom. The van der Waals surface area contributed by atoms with E-state index in [0.717, 1.165) is 31.9 Å². The third-order valence-electron chi connectivity index (χ3n) is 5.29. The molecule has 2 fully saturated rings. The number of hydrogen-bond donors (Lipinski definition) is 3. The van der Waals surface area contributed by atoms with Gasteiger partial charge in [0.2, 0.25) is 0 Å². The predicted octanol–water partition coefficient (Wildman–Crippen LogP) is 2.80. The van der Waals surface area contributed by atoms with Crippen molar-refractivity contribution in [2.45, 2.75) is 38.2 Å². The number of H-pyrrole nitrogens is 1. The van der Waals surface area contributed by atoms with Crippen molar-refractivity contribution in [2.24, 2.45) is 5.92 Å². The van der Waals surface area contributed by atoms with E-state index in [1.165, 1.54) is 23.0 Å². The topological polar surface area (TPSA) is 49.1 Å². The van der Waals surface area contributed by atoms with Crippen LogP contribution in [0, 0.1) is 5.92 Å². The number of aromatic amines is 1. The van der Waals surface area contributed by atoms with Gasteiger partial charge < -0.3 is 20.4 Å². The van der Waals surface area contributed by atoms with Crippen LogP contribution < -0.4 is 15.4 Å². The summed E-state index contributed by atoms with van der Waals surface area (Å²) in [6.45, 7) is 10.6. The van der Waals surface area contributed by atoms with E-state index in [9.17, 15) is 0 Å². The molecule has 2 atom stereocenters. The zero-order valence-corrected chi connectivity index (χ0v) is 14.3. The first-order chi connectivity index (χ1) is 11.0. The molecule has 0 radical (unpaired) electrons. The molecule has 2 unspecified atom stereocenters. The summed E-state index contributed by atoms with van der Waals surface area (Å²) in [6.07, 6.45) is 1.22. The molecule has 124 valence electrons. The molecule has 1 aromatic heterocycles. The lowest BCUT2D eigenvalue weighted by molar-refractivity contribution is 0.126. The van der Waals surface area contributed by atoms with Crippen molar-refractivity contribution >= 4 is 10.9 Å². The van der Waals surface area contributed by atoms with Crippen molar-refractivity contribution in [3.63, 3.8) is 0 Å². The molecule has 3 heterocycles. The molecule has 4 nitrogen and oxygen atoms in total. The van der Waals surface area contributed by atoms with E-state index in [2.05, 4.69) is 60.7 Å².